The predicted molar refractivity (Wildman–Crippen MR) is 77.1 cm³/mol. The maximum absolute atomic E-state index is 14.5. The molecule has 0 N–H and O–H groups in total. The Morgan fingerprint density at radius 2 is 1.00 bits per heavy atom. The summed E-state index contributed by atoms with van der Waals surface area (Å²) < 4.78 is 167. The van der Waals surface area contributed by atoms with Gasteiger partial charge in [-0.1, -0.05) is 0 Å². The van der Waals surface area contributed by atoms with Gasteiger partial charge in [0, 0.05) is 0 Å². The largest absolute Gasteiger partial charge is 0.529 e. The molecule has 0 spiro atoms. The quantitative estimate of drug-likeness (QED) is 0.221. The molecule has 0 heterocycles. The third kappa shape index (κ3) is 6.23. The van der Waals surface area contributed by atoms with E-state index in [0.29, 0.717) is 13.3 Å². The zero-order chi connectivity index (χ0) is 24.1. The van der Waals surface area contributed by atoms with Crippen LogP contribution < -0.4 is 0 Å². The van der Waals surface area contributed by atoms with Gasteiger partial charge in [0.05, 0.1) is 13.3 Å². The van der Waals surface area contributed by atoms with Gasteiger partial charge in [-0.15, -0.1) is 26.5 Å². The molecule has 0 saturated carbocycles. The molecule has 0 unspecified atom stereocenters. The highest BCUT2D eigenvalue weighted by Gasteiger charge is 2.78. The molecule has 176 valence electrons. The molecule has 16 heteroatoms. The summed E-state index contributed by atoms with van der Waals surface area (Å²) in [5, 5.41) is -3.41. The first kappa shape index (κ1) is 28.5. The fourth-order valence-corrected chi connectivity index (χ4v) is 3.27. The Morgan fingerprint density at radius 3 is 1.31 bits per heavy atom. The van der Waals surface area contributed by atoms with Gasteiger partial charge in [-0.3, -0.25) is 4.74 Å². The van der Waals surface area contributed by atoms with Crippen LogP contribution in [0.3, 0.4) is 0 Å². The summed E-state index contributed by atoms with van der Waals surface area (Å²) in [5.74, 6) is -5.60. The lowest BCUT2D eigenvalue weighted by molar-refractivity contribution is -0.477. The van der Waals surface area contributed by atoms with Crippen molar-refractivity contribution in [3.63, 3.8) is 0 Å². The second-order valence-corrected chi connectivity index (χ2v) is 11.2. The van der Waals surface area contributed by atoms with Crippen molar-refractivity contribution in [2.45, 2.75) is 69.3 Å². The van der Waals surface area contributed by atoms with Gasteiger partial charge in [0.1, 0.15) is 0 Å². The summed E-state index contributed by atoms with van der Waals surface area (Å²) in [4.78, 5) is 0. The van der Waals surface area contributed by atoms with E-state index >= 15 is 0 Å². The minimum atomic E-state index is -5.97. The summed E-state index contributed by atoms with van der Waals surface area (Å²) in [6, 6.07) is 0. The Morgan fingerprint density at radius 1 is 0.621 bits per heavy atom. The van der Waals surface area contributed by atoms with Crippen LogP contribution in [0.25, 0.3) is 0 Å². The average molecular weight is 481 g/mol. The molecule has 0 rings (SSSR count). The van der Waals surface area contributed by atoms with Crippen molar-refractivity contribution in [3.05, 3.63) is 0 Å². The molecule has 0 aliphatic heterocycles. The van der Waals surface area contributed by atoms with Gasteiger partial charge in [-0.2, -0.15) is 35.5 Å². The van der Waals surface area contributed by atoms with Gasteiger partial charge in [-0.05, 0) is 27.7 Å². The smallest absolute Gasteiger partial charge is 0.300 e. The van der Waals surface area contributed by atoms with Crippen LogP contribution in [0.4, 0.5) is 52.7 Å². The number of alkyl halides is 12. The molecular formula is C13H18F12O3P+. The Bertz CT molecular complexity index is 581. The molecule has 0 aliphatic rings. The van der Waals surface area contributed by atoms with Crippen molar-refractivity contribution in [3.8, 4) is 0 Å². The molecular weight excluding hydrogens is 463 g/mol. The topological polar surface area (TPSA) is 27.7 Å². The van der Waals surface area contributed by atoms with Crippen LogP contribution in [-0.2, 0) is 14.0 Å². The lowest BCUT2D eigenvalue weighted by Crippen LogP contribution is -2.61. The van der Waals surface area contributed by atoms with Gasteiger partial charge in [0.15, 0.2) is 18.2 Å². The third-order valence-electron chi connectivity index (χ3n) is 4.12. The molecule has 0 aromatic heterocycles. The van der Waals surface area contributed by atoms with E-state index in [1.807, 2.05) is 0 Å². The first-order valence-electron chi connectivity index (χ1n) is 7.34. The Hall–Kier alpha value is -0.530. The van der Waals surface area contributed by atoms with E-state index in [1.165, 1.54) is 0 Å². The van der Waals surface area contributed by atoms with Crippen LogP contribution in [-0.4, -0.2) is 55.0 Å². The van der Waals surface area contributed by atoms with E-state index in [0.717, 1.165) is 0 Å². The summed E-state index contributed by atoms with van der Waals surface area (Å²) >= 11 is 0. The molecule has 3 nitrogen and oxygen atoms in total. The zero-order valence-corrected chi connectivity index (χ0v) is 16.6. The summed E-state index contributed by atoms with van der Waals surface area (Å²) in [6.07, 6.45) is -22.9. The maximum atomic E-state index is 14.5. The number of rotatable bonds is 8. The molecule has 0 fully saturated rings. The molecule has 0 aromatic rings. The highest BCUT2D eigenvalue weighted by atomic mass is 31.2. The minimum absolute atomic E-state index is 0.0199. The maximum Gasteiger partial charge on any atom is 0.529 e. The van der Waals surface area contributed by atoms with Gasteiger partial charge in [-0.25, -0.2) is 0 Å². The molecule has 0 atom stereocenters. The summed E-state index contributed by atoms with van der Waals surface area (Å²) in [7, 11) is -4.64. The number of halogens is 12. The van der Waals surface area contributed by atoms with E-state index in [1.54, 1.807) is 0 Å². The molecule has 0 amide bonds. The van der Waals surface area contributed by atoms with Gasteiger partial charge in [0.2, 0.25) is 0 Å². The fourth-order valence-electron chi connectivity index (χ4n) is 1.67. The van der Waals surface area contributed by atoms with Crippen LogP contribution in [0.2, 0.25) is 0 Å². The van der Waals surface area contributed by atoms with Crippen LogP contribution >= 0.6 is 7.49 Å². The summed E-state index contributed by atoms with van der Waals surface area (Å²) in [6.45, 7) is 1.27. The molecule has 0 bridgehead atoms. The van der Waals surface area contributed by atoms with Crippen molar-refractivity contribution in [1.29, 1.82) is 0 Å². The van der Waals surface area contributed by atoms with Gasteiger partial charge in [0.25, 0.3) is 0 Å². The lowest BCUT2D eigenvalue weighted by Gasteiger charge is -2.43. The SMILES string of the molecule is CC(C)(OC(F)(F)C(F)(F)C(C)(C)[P+](C)(C)OC(F)(F)OC(F)(F)F)C(F)(F)F. The second kappa shape index (κ2) is 7.56. The fraction of sp³-hybridized carbons (Fsp3) is 1.00. The van der Waals surface area contributed by atoms with Crippen molar-refractivity contribution in [2.75, 3.05) is 13.3 Å². The molecule has 0 radical (unpaired) electrons. The van der Waals surface area contributed by atoms with Crippen LogP contribution in [0.5, 0.6) is 0 Å². The highest BCUT2D eigenvalue weighted by molar-refractivity contribution is 7.71. The molecule has 0 saturated heterocycles. The Kier molecular flexibility index (Phi) is 7.42. The molecule has 29 heavy (non-hydrogen) atoms. The third-order valence-corrected chi connectivity index (χ3v) is 7.76. The Balaban J connectivity index is 5.99. The predicted octanol–water partition coefficient (Wildman–Crippen LogP) is 6.65. The number of ether oxygens (including phenoxy) is 2. The van der Waals surface area contributed by atoms with Crippen LogP contribution in [0.1, 0.15) is 27.7 Å². The monoisotopic (exact) mass is 481 g/mol. The van der Waals surface area contributed by atoms with Crippen molar-refractivity contribution < 1.29 is 66.7 Å². The van der Waals surface area contributed by atoms with Crippen molar-refractivity contribution in [2.24, 2.45) is 0 Å². The van der Waals surface area contributed by atoms with E-state index in [9.17, 15) is 52.7 Å². The summed E-state index contributed by atoms with van der Waals surface area (Å²) in [5.41, 5.74) is -3.79. The Labute approximate surface area is 158 Å². The van der Waals surface area contributed by atoms with Crippen LogP contribution in [0, 0.1) is 0 Å². The minimum Gasteiger partial charge on any atom is -0.300 e. The standard InChI is InChI=1S/C13H18F12O3P/c1-7(2,10(16,17)18)26-11(19,20)9(14,15)8(3,4)29(5,6)28-13(24,25)27-12(21,22)23/h1-6H3/q+1. The first-order valence-corrected chi connectivity index (χ1v) is 9.94. The molecule has 0 aromatic carbocycles. The lowest BCUT2D eigenvalue weighted by atomic mass is 10.0. The highest BCUT2D eigenvalue weighted by Crippen LogP contribution is 2.72. The zero-order valence-electron chi connectivity index (χ0n) is 15.7. The van der Waals surface area contributed by atoms with Crippen molar-refractivity contribution in [1.82, 2.24) is 0 Å². The number of hydrogen-bond donors (Lipinski definition) is 0. The number of hydrogen-bond acceptors (Lipinski definition) is 3. The second-order valence-electron chi connectivity index (χ2n) is 7.21. The van der Waals surface area contributed by atoms with E-state index in [2.05, 4.69) is 14.0 Å². The van der Waals surface area contributed by atoms with Gasteiger partial charge < -0.3 is 0 Å². The van der Waals surface area contributed by atoms with Crippen molar-refractivity contribution >= 4 is 7.49 Å². The van der Waals surface area contributed by atoms with Crippen LogP contribution in [0.15, 0.2) is 0 Å². The van der Waals surface area contributed by atoms with E-state index in [4.69, 9.17) is 0 Å². The molecule has 0 aliphatic carbocycles. The van der Waals surface area contributed by atoms with E-state index < -0.39 is 49.1 Å². The average Bonchev–Trinajstić information content (AvgIpc) is 2.30. The first-order chi connectivity index (χ1) is 12.1. The van der Waals surface area contributed by atoms with Gasteiger partial charge >= 0.3 is 30.9 Å². The van der Waals surface area contributed by atoms with E-state index in [-0.39, 0.29) is 27.7 Å². The normalized spacial score (nSPS) is 16.3.